The molecule has 3 atom stereocenters. The van der Waals surface area contributed by atoms with Crippen LogP contribution in [0.4, 0.5) is 0 Å². The molecule has 12 heavy (non-hydrogen) atoms. The van der Waals surface area contributed by atoms with Gasteiger partial charge in [0.15, 0.2) is 0 Å². The summed E-state index contributed by atoms with van der Waals surface area (Å²) in [5.41, 5.74) is 0. The summed E-state index contributed by atoms with van der Waals surface area (Å²) in [5.74, 6) is 2.29. The topological polar surface area (TPSA) is 20.2 Å². The van der Waals surface area contributed by atoms with Gasteiger partial charge in [0.2, 0.25) is 0 Å². The largest absolute Gasteiger partial charge is 0.393 e. The SMILES string of the molecule is CCC1CC(O)CC(C(C)C)C1. The number of aliphatic hydroxyl groups is 1. The number of aliphatic hydroxyl groups excluding tert-OH is 1. The van der Waals surface area contributed by atoms with Crippen molar-refractivity contribution in [3.63, 3.8) is 0 Å². The maximum atomic E-state index is 9.63. The summed E-state index contributed by atoms with van der Waals surface area (Å²) in [4.78, 5) is 0. The van der Waals surface area contributed by atoms with Crippen molar-refractivity contribution in [2.45, 2.75) is 52.6 Å². The van der Waals surface area contributed by atoms with E-state index in [1.165, 1.54) is 12.8 Å². The zero-order valence-electron chi connectivity index (χ0n) is 8.59. The third-order valence-corrected chi connectivity index (χ3v) is 3.34. The fourth-order valence-corrected chi connectivity index (χ4v) is 2.33. The fraction of sp³-hybridized carbons (Fsp3) is 1.00. The van der Waals surface area contributed by atoms with E-state index in [4.69, 9.17) is 0 Å². The van der Waals surface area contributed by atoms with Crippen molar-refractivity contribution in [3.8, 4) is 0 Å². The van der Waals surface area contributed by atoms with Crippen molar-refractivity contribution in [2.24, 2.45) is 17.8 Å². The molecular weight excluding hydrogens is 148 g/mol. The Hall–Kier alpha value is -0.0400. The first-order valence-electron chi connectivity index (χ1n) is 5.31. The van der Waals surface area contributed by atoms with Crippen LogP contribution in [0.3, 0.4) is 0 Å². The van der Waals surface area contributed by atoms with Gasteiger partial charge in [-0.05, 0) is 37.0 Å². The van der Waals surface area contributed by atoms with E-state index in [-0.39, 0.29) is 6.10 Å². The minimum Gasteiger partial charge on any atom is -0.393 e. The molecule has 1 rings (SSSR count). The normalized spacial score (nSPS) is 37.2. The molecular formula is C11H22O. The molecule has 0 spiro atoms. The summed E-state index contributed by atoms with van der Waals surface area (Å²) in [7, 11) is 0. The number of hydrogen-bond acceptors (Lipinski definition) is 1. The van der Waals surface area contributed by atoms with Crippen molar-refractivity contribution in [3.05, 3.63) is 0 Å². The third-order valence-electron chi connectivity index (χ3n) is 3.34. The average molecular weight is 170 g/mol. The fourth-order valence-electron chi connectivity index (χ4n) is 2.33. The second-order valence-electron chi connectivity index (χ2n) is 4.64. The highest BCUT2D eigenvalue weighted by molar-refractivity contribution is 4.79. The minimum atomic E-state index is -0.0175. The second-order valence-corrected chi connectivity index (χ2v) is 4.64. The molecule has 1 aliphatic rings. The van der Waals surface area contributed by atoms with E-state index >= 15 is 0 Å². The van der Waals surface area contributed by atoms with E-state index < -0.39 is 0 Å². The van der Waals surface area contributed by atoms with Gasteiger partial charge in [0.05, 0.1) is 6.10 Å². The van der Waals surface area contributed by atoms with Crippen LogP contribution in [0.15, 0.2) is 0 Å². The molecule has 0 radical (unpaired) electrons. The van der Waals surface area contributed by atoms with Gasteiger partial charge in [-0.15, -0.1) is 0 Å². The van der Waals surface area contributed by atoms with Crippen LogP contribution in [0, 0.1) is 17.8 Å². The van der Waals surface area contributed by atoms with Crippen LogP contribution >= 0.6 is 0 Å². The molecule has 0 saturated heterocycles. The maximum absolute atomic E-state index is 9.63. The standard InChI is InChI=1S/C11H22O/c1-4-9-5-10(8(2)3)7-11(12)6-9/h8-12H,4-7H2,1-3H3. The molecule has 1 fully saturated rings. The Bertz CT molecular complexity index is 131. The minimum absolute atomic E-state index is 0.0175. The molecule has 0 heterocycles. The molecule has 0 aliphatic heterocycles. The highest BCUT2D eigenvalue weighted by atomic mass is 16.3. The molecule has 0 amide bonds. The van der Waals surface area contributed by atoms with Gasteiger partial charge in [-0.2, -0.15) is 0 Å². The molecule has 1 heteroatoms. The molecule has 3 unspecified atom stereocenters. The Morgan fingerprint density at radius 3 is 2.42 bits per heavy atom. The molecule has 1 N–H and O–H groups in total. The van der Waals surface area contributed by atoms with E-state index in [1.807, 2.05) is 0 Å². The van der Waals surface area contributed by atoms with E-state index in [9.17, 15) is 5.11 Å². The first-order valence-corrected chi connectivity index (χ1v) is 5.31. The van der Waals surface area contributed by atoms with E-state index in [0.29, 0.717) is 0 Å². The highest BCUT2D eigenvalue weighted by Crippen LogP contribution is 2.35. The summed E-state index contributed by atoms with van der Waals surface area (Å²) in [5, 5.41) is 9.63. The summed E-state index contributed by atoms with van der Waals surface area (Å²) < 4.78 is 0. The van der Waals surface area contributed by atoms with E-state index in [2.05, 4.69) is 20.8 Å². The Kier molecular flexibility index (Phi) is 3.57. The Balaban J connectivity index is 2.45. The van der Waals surface area contributed by atoms with Gasteiger partial charge >= 0.3 is 0 Å². The van der Waals surface area contributed by atoms with Crippen LogP contribution in [0.5, 0.6) is 0 Å². The zero-order valence-corrected chi connectivity index (χ0v) is 8.59. The molecule has 0 bridgehead atoms. The molecule has 72 valence electrons. The second kappa shape index (κ2) is 4.27. The Labute approximate surface area is 76.2 Å². The van der Waals surface area contributed by atoms with Gasteiger partial charge in [-0.3, -0.25) is 0 Å². The molecule has 0 aromatic rings. The first kappa shape index (κ1) is 10.0. The lowest BCUT2D eigenvalue weighted by Crippen LogP contribution is -2.28. The van der Waals surface area contributed by atoms with Crippen molar-refractivity contribution < 1.29 is 5.11 Å². The van der Waals surface area contributed by atoms with Crippen LogP contribution in [0.2, 0.25) is 0 Å². The Morgan fingerprint density at radius 2 is 1.92 bits per heavy atom. The summed E-state index contributed by atoms with van der Waals surface area (Å²) in [6, 6.07) is 0. The van der Waals surface area contributed by atoms with E-state index in [0.717, 1.165) is 30.6 Å². The highest BCUT2D eigenvalue weighted by Gasteiger charge is 2.28. The van der Waals surface area contributed by atoms with Crippen LogP contribution in [-0.2, 0) is 0 Å². The van der Waals surface area contributed by atoms with Crippen molar-refractivity contribution >= 4 is 0 Å². The lowest BCUT2D eigenvalue weighted by atomic mass is 9.74. The maximum Gasteiger partial charge on any atom is 0.0545 e. The van der Waals surface area contributed by atoms with Crippen LogP contribution in [0.1, 0.15) is 46.5 Å². The predicted molar refractivity (Wildman–Crippen MR) is 52.0 cm³/mol. The molecule has 0 aromatic carbocycles. The van der Waals surface area contributed by atoms with E-state index in [1.54, 1.807) is 0 Å². The summed E-state index contributed by atoms with van der Waals surface area (Å²) in [6.45, 7) is 6.78. The van der Waals surface area contributed by atoms with Crippen LogP contribution in [0.25, 0.3) is 0 Å². The van der Waals surface area contributed by atoms with Gasteiger partial charge in [-0.1, -0.05) is 27.2 Å². The zero-order chi connectivity index (χ0) is 9.14. The quantitative estimate of drug-likeness (QED) is 0.675. The first-order chi connectivity index (χ1) is 5.63. The predicted octanol–water partition coefficient (Wildman–Crippen LogP) is 2.83. The lowest BCUT2D eigenvalue weighted by Gasteiger charge is -2.34. The monoisotopic (exact) mass is 170 g/mol. The number of hydrogen-bond donors (Lipinski definition) is 1. The van der Waals surface area contributed by atoms with Gasteiger partial charge in [0.25, 0.3) is 0 Å². The molecule has 1 aliphatic carbocycles. The van der Waals surface area contributed by atoms with Crippen molar-refractivity contribution in [1.82, 2.24) is 0 Å². The van der Waals surface area contributed by atoms with Gasteiger partial charge < -0.3 is 5.11 Å². The lowest BCUT2D eigenvalue weighted by molar-refractivity contribution is 0.0536. The Morgan fingerprint density at radius 1 is 1.25 bits per heavy atom. The summed E-state index contributed by atoms with van der Waals surface area (Å²) >= 11 is 0. The number of rotatable bonds is 2. The summed E-state index contributed by atoms with van der Waals surface area (Å²) in [6.07, 6.45) is 4.63. The van der Waals surface area contributed by atoms with Crippen LogP contribution in [-0.4, -0.2) is 11.2 Å². The smallest absolute Gasteiger partial charge is 0.0545 e. The third kappa shape index (κ3) is 2.48. The van der Waals surface area contributed by atoms with Crippen molar-refractivity contribution in [1.29, 1.82) is 0 Å². The molecule has 0 aromatic heterocycles. The average Bonchev–Trinajstić information content (AvgIpc) is 2.03. The van der Waals surface area contributed by atoms with Crippen molar-refractivity contribution in [2.75, 3.05) is 0 Å². The van der Waals surface area contributed by atoms with Gasteiger partial charge in [0.1, 0.15) is 0 Å². The van der Waals surface area contributed by atoms with Gasteiger partial charge in [0, 0.05) is 0 Å². The van der Waals surface area contributed by atoms with Gasteiger partial charge in [-0.25, -0.2) is 0 Å². The molecule has 1 nitrogen and oxygen atoms in total. The van der Waals surface area contributed by atoms with Crippen LogP contribution < -0.4 is 0 Å². The molecule has 1 saturated carbocycles.